The van der Waals surface area contributed by atoms with E-state index in [2.05, 4.69) is 15.0 Å². The summed E-state index contributed by atoms with van der Waals surface area (Å²) in [6.45, 7) is 15.8. The minimum Gasteiger partial charge on any atom is -0.444 e. The Morgan fingerprint density at radius 2 is 1.54 bits per heavy atom. The second-order valence-corrected chi connectivity index (χ2v) is 11.9. The zero-order valence-electron chi connectivity index (χ0n) is 23.1. The number of pyridine rings is 1. The number of rotatable bonds is 4. The largest absolute Gasteiger partial charge is 0.444 e. The summed E-state index contributed by atoms with van der Waals surface area (Å²) < 4.78 is 16.3. The molecule has 204 valence electrons. The summed E-state index contributed by atoms with van der Waals surface area (Å²) in [5, 5.41) is 3.78. The summed E-state index contributed by atoms with van der Waals surface area (Å²) in [7, 11) is 0. The topological polar surface area (TPSA) is 147 Å². The Bertz CT molecular complexity index is 1000. The second kappa shape index (κ2) is 11.2. The predicted molar refractivity (Wildman–Crippen MR) is 137 cm³/mol. The number of amides is 3. The molecule has 0 saturated carbocycles. The zero-order chi connectivity index (χ0) is 28.2. The molecule has 0 aromatic carbocycles. The van der Waals surface area contributed by atoms with Crippen LogP contribution in [-0.4, -0.2) is 63.6 Å². The maximum absolute atomic E-state index is 12.9. The first kappa shape index (κ1) is 29.7. The van der Waals surface area contributed by atoms with Gasteiger partial charge in [-0.25, -0.2) is 14.4 Å². The molecule has 0 aliphatic carbocycles. The molecule has 1 saturated heterocycles. The third kappa shape index (κ3) is 9.45. The number of carbonyl (C=O) groups is 3. The van der Waals surface area contributed by atoms with Gasteiger partial charge in [-0.3, -0.25) is 4.98 Å². The number of carbonyl (C=O) groups excluding carboxylic acids is 3. The molecule has 1 aromatic rings. The van der Waals surface area contributed by atoms with E-state index in [1.807, 2.05) is 0 Å². The van der Waals surface area contributed by atoms with Gasteiger partial charge < -0.3 is 19.1 Å². The Balaban J connectivity index is 2.28. The highest BCUT2D eigenvalue weighted by Crippen LogP contribution is 2.27. The van der Waals surface area contributed by atoms with Gasteiger partial charge in [0.2, 0.25) is 0 Å². The van der Waals surface area contributed by atoms with Gasteiger partial charge in [0.1, 0.15) is 16.8 Å². The van der Waals surface area contributed by atoms with Crippen LogP contribution in [0.3, 0.4) is 0 Å². The maximum atomic E-state index is 12.9. The van der Waals surface area contributed by atoms with E-state index in [0.29, 0.717) is 18.5 Å². The van der Waals surface area contributed by atoms with Crippen LogP contribution in [0.25, 0.3) is 10.4 Å². The molecule has 1 fully saturated rings. The van der Waals surface area contributed by atoms with Crippen LogP contribution in [-0.2, 0) is 20.6 Å². The molecule has 3 amide bonds. The van der Waals surface area contributed by atoms with Crippen LogP contribution < -0.4 is 4.90 Å². The number of likely N-dealkylation sites (tertiary alicyclic amines) is 1. The quantitative estimate of drug-likeness (QED) is 0.206. The van der Waals surface area contributed by atoms with E-state index in [-0.39, 0.29) is 24.3 Å². The van der Waals surface area contributed by atoms with Gasteiger partial charge in [-0.2, -0.15) is 4.90 Å². The van der Waals surface area contributed by atoms with Gasteiger partial charge >= 0.3 is 18.3 Å². The van der Waals surface area contributed by atoms with E-state index in [9.17, 15) is 14.4 Å². The molecule has 1 aliphatic rings. The Labute approximate surface area is 217 Å². The van der Waals surface area contributed by atoms with Crippen LogP contribution in [0.5, 0.6) is 0 Å². The van der Waals surface area contributed by atoms with Gasteiger partial charge in [0.15, 0.2) is 0 Å². The SMILES string of the molecule is CC(C)(C)OC(=O)N(C(=O)OC(C)(C)C)c1ccc(C[C@H]2C[C@@H](N=[N+]=[N-])CN2C(=O)OC(C)(C)C)nc1. The molecule has 0 N–H and O–H groups in total. The van der Waals surface area contributed by atoms with Gasteiger partial charge in [0, 0.05) is 29.6 Å². The minimum atomic E-state index is -0.889. The summed E-state index contributed by atoms with van der Waals surface area (Å²) >= 11 is 0. The maximum Gasteiger partial charge on any atom is 0.424 e. The molecule has 2 rings (SSSR count). The number of ether oxygens (including phenoxy) is 3. The van der Waals surface area contributed by atoms with Crippen molar-refractivity contribution < 1.29 is 28.6 Å². The van der Waals surface area contributed by atoms with Crippen molar-refractivity contribution in [2.24, 2.45) is 5.11 Å². The molecule has 12 nitrogen and oxygen atoms in total. The molecule has 1 aromatic heterocycles. The number of aromatic nitrogens is 1. The van der Waals surface area contributed by atoms with Crippen LogP contribution in [0.1, 0.15) is 74.4 Å². The molecule has 2 heterocycles. The Kier molecular flexibility index (Phi) is 9.03. The van der Waals surface area contributed by atoms with E-state index in [0.717, 1.165) is 4.90 Å². The summed E-state index contributed by atoms with van der Waals surface area (Å²) in [6.07, 6.45) is -0.0858. The molecular formula is C25H38N6O6. The standard InChI is InChI=1S/C25H38N6O6/c1-23(2,3)35-20(32)30-15-17(28-29-26)13-19(30)12-16-10-11-18(14-27-16)31(21(33)36-24(4,5)6)22(34)37-25(7,8)9/h10-11,14,17,19H,12-13,15H2,1-9H3/t17-,19+/m1/s1. The average molecular weight is 519 g/mol. The molecule has 0 radical (unpaired) electrons. The van der Waals surface area contributed by atoms with Crippen LogP contribution in [0.15, 0.2) is 23.4 Å². The van der Waals surface area contributed by atoms with E-state index in [1.54, 1.807) is 79.3 Å². The fourth-order valence-electron chi connectivity index (χ4n) is 3.60. The van der Waals surface area contributed by atoms with E-state index >= 15 is 0 Å². The molecule has 0 unspecified atom stereocenters. The molecule has 2 atom stereocenters. The summed E-state index contributed by atoms with van der Waals surface area (Å²) in [5.41, 5.74) is 7.30. The minimum absolute atomic E-state index is 0.176. The Hall–Kier alpha value is -3.53. The monoisotopic (exact) mass is 518 g/mol. The van der Waals surface area contributed by atoms with Crippen LogP contribution >= 0.6 is 0 Å². The Morgan fingerprint density at radius 3 is 1.97 bits per heavy atom. The Morgan fingerprint density at radius 1 is 1.00 bits per heavy atom. The smallest absolute Gasteiger partial charge is 0.424 e. The van der Waals surface area contributed by atoms with Crippen LogP contribution in [0, 0.1) is 0 Å². The summed E-state index contributed by atoms with van der Waals surface area (Å²) in [5.74, 6) is 0. The van der Waals surface area contributed by atoms with Crippen LogP contribution in [0.4, 0.5) is 20.1 Å². The van der Waals surface area contributed by atoms with Gasteiger partial charge in [-0.1, -0.05) is 5.11 Å². The number of nitrogens with zero attached hydrogens (tertiary/aromatic N) is 6. The third-order valence-corrected chi connectivity index (χ3v) is 4.90. The lowest BCUT2D eigenvalue weighted by atomic mass is 10.1. The van der Waals surface area contributed by atoms with Gasteiger partial charge in [0.05, 0.1) is 17.9 Å². The van der Waals surface area contributed by atoms with E-state index in [1.165, 1.54) is 6.20 Å². The molecule has 37 heavy (non-hydrogen) atoms. The molecule has 0 spiro atoms. The lowest BCUT2D eigenvalue weighted by molar-refractivity contribution is 0.0223. The molecular weight excluding hydrogens is 480 g/mol. The van der Waals surface area contributed by atoms with Crippen molar-refractivity contribution in [1.82, 2.24) is 9.88 Å². The number of azide groups is 1. The fraction of sp³-hybridized carbons (Fsp3) is 0.680. The van der Waals surface area contributed by atoms with Gasteiger partial charge in [0.25, 0.3) is 0 Å². The normalized spacial score (nSPS) is 18.0. The highest BCUT2D eigenvalue weighted by atomic mass is 16.6. The van der Waals surface area contributed by atoms with Gasteiger partial charge in [-0.05, 0) is 86.4 Å². The van der Waals surface area contributed by atoms with Crippen molar-refractivity contribution in [2.45, 2.75) is 104 Å². The van der Waals surface area contributed by atoms with Crippen molar-refractivity contribution in [3.8, 4) is 0 Å². The van der Waals surface area contributed by atoms with E-state index < -0.39 is 35.1 Å². The second-order valence-electron chi connectivity index (χ2n) is 11.9. The van der Waals surface area contributed by atoms with Crippen molar-refractivity contribution in [3.63, 3.8) is 0 Å². The fourth-order valence-corrected chi connectivity index (χ4v) is 3.60. The first-order valence-corrected chi connectivity index (χ1v) is 12.1. The molecule has 12 heteroatoms. The number of hydrogen-bond acceptors (Lipinski definition) is 8. The van der Waals surface area contributed by atoms with Crippen LogP contribution in [0.2, 0.25) is 0 Å². The average Bonchev–Trinajstić information content (AvgIpc) is 3.08. The van der Waals surface area contributed by atoms with E-state index in [4.69, 9.17) is 19.7 Å². The van der Waals surface area contributed by atoms with Crippen molar-refractivity contribution in [3.05, 3.63) is 34.5 Å². The predicted octanol–water partition coefficient (Wildman–Crippen LogP) is 5.99. The van der Waals surface area contributed by atoms with Crippen molar-refractivity contribution in [1.29, 1.82) is 0 Å². The molecule has 0 bridgehead atoms. The summed E-state index contributed by atoms with van der Waals surface area (Å²) in [6, 6.07) is 2.53. The number of hydrogen-bond donors (Lipinski definition) is 0. The molecule has 1 aliphatic heterocycles. The van der Waals surface area contributed by atoms with Crippen molar-refractivity contribution >= 4 is 24.0 Å². The highest BCUT2D eigenvalue weighted by Gasteiger charge is 2.38. The third-order valence-electron chi connectivity index (χ3n) is 4.90. The lowest BCUT2D eigenvalue weighted by Gasteiger charge is -2.29. The van der Waals surface area contributed by atoms with Crippen molar-refractivity contribution in [2.75, 3.05) is 11.4 Å². The highest BCUT2D eigenvalue weighted by molar-refractivity contribution is 6.09. The number of imide groups is 1. The first-order chi connectivity index (χ1) is 16.9. The lowest BCUT2D eigenvalue weighted by Crippen LogP contribution is -2.44. The summed E-state index contributed by atoms with van der Waals surface area (Å²) in [4.78, 5) is 48.1. The zero-order valence-corrected chi connectivity index (χ0v) is 23.1. The van der Waals surface area contributed by atoms with Gasteiger partial charge in [-0.15, -0.1) is 0 Å². The first-order valence-electron chi connectivity index (χ1n) is 12.1. The number of anilines is 1.